The molecule has 0 saturated heterocycles. The van der Waals surface area contributed by atoms with Gasteiger partial charge in [0.1, 0.15) is 17.4 Å². The van der Waals surface area contributed by atoms with Crippen LogP contribution in [-0.4, -0.2) is 41.7 Å². The van der Waals surface area contributed by atoms with Crippen molar-refractivity contribution in [1.29, 1.82) is 0 Å². The number of fused-ring (bicyclic) bond motifs is 1. The Morgan fingerprint density at radius 3 is 2.86 bits per heavy atom. The maximum absolute atomic E-state index is 12.4. The summed E-state index contributed by atoms with van der Waals surface area (Å²) in [6.45, 7) is -0.585. The van der Waals surface area contributed by atoms with Crippen LogP contribution in [-0.2, 0) is 16.0 Å². The number of carbonyl (C=O) groups is 2. The Hall–Kier alpha value is -3.24. The van der Waals surface area contributed by atoms with Crippen LogP contribution in [0.25, 0.3) is 11.0 Å². The summed E-state index contributed by atoms with van der Waals surface area (Å²) >= 11 is 1.21. The Bertz CT molecular complexity index is 1050. The van der Waals surface area contributed by atoms with Crippen molar-refractivity contribution in [2.24, 2.45) is 0 Å². The number of rotatable bonds is 7. The minimum absolute atomic E-state index is 0.171. The van der Waals surface area contributed by atoms with E-state index in [4.69, 9.17) is 9.15 Å². The van der Waals surface area contributed by atoms with Gasteiger partial charge in [0.15, 0.2) is 5.13 Å². The van der Waals surface area contributed by atoms with Crippen molar-refractivity contribution in [3.05, 3.63) is 51.8 Å². The standard InChI is InChI=1S/C18H17N3O6S/c1-26-11-2-3-12-10(7-16(24)27-14(12)8-11)6-15(23)20-13(9-22)17(25)21-18-19-4-5-28-18/h2-5,7-8,13,22H,6,9H2,1H3,(H,20,23)(H,19,21,25)/t13-/m0/s1. The van der Waals surface area contributed by atoms with Crippen LogP contribution in [0.1, 0.15) is 5.56 Å². The molecule has 3 N–H and O–H groups in total. The third kappa shape index (κ3) is 4.53. The first-order chi connectivity index (χ1) is 13.5. The van der Waals surface area contributed by atoms with Crippen molar-refractivity contribution in [1.82, 2.24) is 10.3 Å². The van der Waals surface area contributed by atoms with E-state index in [1.165, 1.54) is 30.7 Å². The Balaban J connectivity index is 1.74. The first-order valence-corrected chi connectivity index (χ1v) is 9.09. The Labute approximate surface area is 163 Å². The molecule has 0 unspecified atom stereocenters. The summed E-state index contributed by atoms with van der Waals surface area (Å²) in [5, 5.41) is 17.0. The highest BCUT2D eigenvalue weighted by Gasteiger charge is 2.21. The Morgan fingerprint density at radius 1 is 1.36 bits per heavy atom. The fraction of sp³-hybridized carbons (Fsp3) is 0.222. The number of hydrogen-bond donors (Lipinski definition) is 3. The van der Waals surface area contributed by atoms with E-state index in [-0.39, 0.29) is 12.0 Å². The number of carbonyl (C=O) groups excluding carboxylic acids is 2. The quantitative estimate of drug-likeness (QED) is 0.500. The average Bonchev–Trinajstić information content (AvgIpc) is 3.18. The van der Waals surface area contributed by atoms with E-state index in [0.717, 1.165) is 0 Å². The van der Waals surface area contributed by atoms with Crippen LogP contribution in [0.3, 0.4) is 0 Å². The Kier molecular flexibility index (Phi) is 6.02. The summed E-state index contributed by atoms with van der Waals surface area (Å²) in [5.74, 6) is -0.611. The average molecular weight is 403 g/mol. The molecule has 0 fully saturated rings. The topological polar surface area (TPSA) is 131 Å². The van der Waals surface area contributed by atoms with Crippen LogP contribution in [0, 0.1) is 0 Å². The normalized spacial score (nSPS) is 11.8. The molecule has 1 atom stereocenters. The van der Waals surface area contributed by atoms with E-state index in [1.807, 2.05) is 0 Å². The molecular weight excluding hydrogens is 386 g/mol. The summed E-state index contributed by atoms with van der Waals surface area (Å²) < 4.78 is 10.3. The minimum Gasteiger partial charge on any atom is -0.497 e. The minimum atomic E-state index is -1.15. The van der Waals surface area contributed by atoms with Crippen molar-refractivity contribution < 1.29 is 23.8 Å². The smallest absolute Gasteiger partial charge is 0.336 e. The van der Waals surface area contributed by atoms with Gasteiger partial charge in [0.2, 0.25) is 5.91 Å². The number of nitrogens with one attached hydrogen (secondary N) is 2. The number of aliphatic hydroxyl groups is 1. The van der Waals surface area contributed by atoms with Crippen LogP contribution in [0.4, 0.5) is 5.13 Å². The monoisotopic (exact) mass is 403 g/mol. The summed E-state index contributed by atoms with van der Waals surface area (Å²) in [6.07, 6.45) is 1.35. The molecule has 28 heavy (non-hydrogen) atoms. The number of hydrogen-bond acceptors (Lipinski definition) is 8. The lowest BCUT2D eigenvalue weighted by atomic mass is 10.1. The van der Waals surface area contributed by atoms with Crippen LogP contribution in [0.15, 0.2) is 45.1 Å². The van der Waals surface area contributed by atoms with Gasteiger partial charge in [-0.1, -0.05) is 0 Å². The zero-order chi connectivity index (χ0) is 20.1. The van der Waals surface area contributed by atoms with Gasteiger partial charge in [0.05, 0.1) is 20.1 Å². The van der Waals surface area contributed by atoms with Crippen LogP contribution >= 0.6 is 11.3 Å². The second-order valence-electron chi connectivity index (χ2n) is 5.76. The van der Waals surface area contributed by atoms with Gasteiger partial charge in [-0.15, -0.1) is 11.3 Å². The summed E-state index contributed by atoms with van der Waals surface area (Å²) in [5.41, 5.74) is 0.113. The molecule has 1 aromatic carbocycles. The maximum Gasteiger partial charge on any atom is 0.336 e. The van der Waals surface area contributed by atoms with Crippen molar-refractivity contribution in [2.75, 3.05) is 19.0 Å². The molecule has 10 heteroatoms. The number of nitrogens with zero attached hydrogens (tertiary/aromatic N) is 1. The number of aromatic nitrogens is 1. The molecule has 3 rings (SSSR count). The van der Waals surface area contributed by atoms with Crippen LogP contribution in [0.5, 0.6) is 5.75 Å². The number of thiazole rings is 1. The van der Waals surface area contributed by atoms with Crippen molar-refractivity contribution in [3.8, 4) is 5.75 Å². The van der Waals surface area contributed by atoms with Crippen molar-refractivity contribution in [2.45, 2.75) is 12.5 Å². The van der Waals surface area contributed by atoms with Crippen molar-refractivity contribution >= 4 is 39.3 Å². The third-order valence-electron chi connectivity index (χ3n) is 3.89. The summed E-state index contributed by atoms with van der Waals surface area (Å²) in [6, 6.07) is 4.98. The number of aliphatic hydroxyl groups excluding tert-OH is 1. The van der Waals surface area contributed by atoms with Gasteiger partial charge in [-0.3, -0.25) is 9.59 Å². The zero-order valence-electron chi connectivity index (χ0n) is 14.8. The predicted octanol–water partition coefficient (Wildman–Crippen LogP) is 0.916. The first-order valence-electron chi connectivity index (χ1n) is 8.21. The molecule has 9 nitrogen and oxygen atoms in total. The van der Waals surface area contributed by atoms with Crippen molar-refractivity contribution in [3.63, 3.8) is 0 Å². The molecule has 2 heterocycles. The number of amides is 2. The van der Waals surface area contributed by atoms with Crippen LogP contribution < -0.4 is 21.0 Å². The van der Waals surface area contributed by atoms with E-state index < -0.39 is 30.1 Å². The van der Waals surface area contributed by atoms with E-state index >= 15 is 0 Å². The largest absolute Gasteiger partial charge is 0.497 e. The molecule has 2 amide bonds. The van der Waals surface area contributed by atoms with E-state index in [0.29, 0.717) is 21.8 Å². The summed E-state index contributed by atoms with van der Waals surface area (Å²) in [7, 11) is 1.49. The van der Waals surface area contributed by atoms with E-state index in [9.17, 15) is 19.5 Å². The summed E-state index contributed by atoms with van der Waals surface area (Å²) in [4.78, 5) is 40.3. The Morgan fingerprint density at radius 2 is 2.18 bits per heavy atom. The fourth-order valence-electron chi connectivity index (χ4n) is 2.57. The molecule has 2 aromatic heterocycles. The molecule has 0 aliphatic heterocycles. The second-order valence-corrected chi connectivity index (χ2v) is 6.65. The van der Waals surface area contributed by atoms with Gasteiger partial charge in [-0.05, 0) is 17.7 Å². The lowest BCUT2D eigenvalue weighted by Crippen LogP contribution is -2.46. The maximum atomic E-state index is 12.4. The van der Waals surface area contributed by atoms with Gasteiger partial charge < -0.3 is 24.9 Å². The third-order valence-corrected chi connectivity index (χ3v) is 4.57. The molecule has 146 valence electrons. The molecular formula is C18H17N3O6S. The zero-order valence-corrected chi connectivity index (χ0v) is 15.6. The second kappa shape index (κ2) is 8.63. The van der Waals surface area contributed by atoms with Gasteiger partial charge in [-0.2, -0.15) is 0 Å². The lowest BCUT2D eigenvalue weighted by Gasteiger charge is -2.15. The van der Waals surface area contributed by atoms with Gasteiger partial charge in [-0.25, -0.2) is 9.78 Å². The van der Waals surface area contributed by atoms with E-state index in [2.05, 4.69) is 15.6 Å². The van der Waals surface area contributed by atoms with Gasteiger partial charge in [0.25, 0.3) is 5.91 Å². The molecule has 0 spiro atoms. The van der Waals surface area contributed by atoms with E-state index in [1.54, 1.807) is 23.6 Å². The SMILES string of the molecule is COc1ccc2c(CC(=O)N[C@@H](CO)C(=O)Nc3nccs3)cc(=O)oc2c1. The predicted molar refractivity (Wildman–Crippen MR) is 103 cm³/mol. The molecule has 3 aromatic rings. The highest BCUT2D eigenvalue weighted by molar-refractivity contribution is 7.13. The van der Waals surface area contributed by atoms with Crippen LogP contribution in [0.2, 0.25) is 0 Å². The number of methoxy groups -OCH3 is 1. The number of benzene rings is 1. The molecule has 0 bridgehead atoms. The molecule has 0 radical (unpaired) electrons. The first kappa shape index (κ1) is 19.5. The lowest BCUT2D eigenvalue weighted by molar-refractivity contribution is -0.126. The highest BCUT2D eigenvalue weighted by atomic mass is 32.1. The highest BCUT2D eigenvalue weighted by Crippen LogP contribution is 2.22. The van der Waals surface area contributed by atoms with Gasteiger partial charge >= 0.3 is 5.63 Å². The molecule has 0 aliphatic carbocycles. The molecule has 0 saturated carbocycles. The fourth-order valence-corrected chi connectivity index (χ4v) is 3.11. The van der Waals surface area contributed by atoms with Gasteiger partial charge in [0, 0.05) is 29.1 Å². The number of anilines is 1. The number of ether oxygens (including phenoxy) is 1. The molecule has 0 aliphatic rings.